The summed E-state index contributed by atoms with van der Waals surface area (Å²) in [5, 5.41) is 0. The topological polar surface area (TPSA) is 18.8 Å². The maximum absolute atomic E-state index is 4.75. The molecule has 144 valence electrons. The third-order valence-corrected chi connectivity index (χ3v) is 5.06. The number of halogens is 1. The summed E-state index contributed by atoms with van der Waals surface area (Å²) in [6.45, 7) is 12.1. The second-order valence-corrected chi connectivity index (χ2v) is 6.94. The van der Waals surface area contributed by atoms with Crippen molar-refractivity contribution in [1.29, 1.82) is 0 Å². The van der Waals surface area contributed by atoms with Gasteiger partial charge in [-0.15, -0.1) is 25.6 Å². The summed E-state index contributed by atoms with van der Waals surface area (Å²) in [6.07, 6.45) is 6.17. The molecule has 0 amide bonds. The van der Waals surface area contributed by atoms with Crippen LogP contribution >= 0.6 is 12.4 Å². The number of rotatable bonds is 7. The van der Waals surface area contributed by atoms with Gasteiger partial charge in [-0.3, -0.25) is 9.89 Å². The number of hydrogen-bond donors (Lipinski definition) is 0. The minimum absolute atomic E-state index is 0. The number of benzene rings is 2. The monoisotopic (exact) mass is 391 g/mol. The average molecular weight is 392 g/mol. The highest BCUT2D eigenvalue weighted by Gasteiger charge is 2.28. The number of hydrogen-bond acceptors (Lipinski definition) is 3. The molecule has 2 aliphatic rings. The molecule has 0 bridgehead atoms. The summed E-state index contributed by atoms with van der Waals surface area (Å²) in [4.78, 5) is 9.41. The Balaban J connectivity index is 0.00000225. The Morgan fingerprint density at radius 3 is 2.43 bits per heavy atom. The van der Waals surface area contributed by atoms with E-state index in [0.717, 1.165) is 38.6 Å². The van der Waals surface area contributed by atoms with E-state index in [1.54, 1.807) is 0 Å². The van der Waals surface area contributed by atoms with Crippen LogP contribution in [0.15, 0.2) is 78.8 Å². The molecule has 2 aliphatic heterocycles. The Morgan fingerprint density at radius 1 is 1.00 bits per heavy atom. The van der Waals surface area contributed by atoms with Gasteiger partial charge in [0.15, 0.2) is 0 Å². The lowest BCUT2D eigenvalue weighted by atomic mass is 9.97. The fourth-order valence-corrected chi connectivity index (χ4v) is 3.81. The molecular formula is C24H26ClN3. The lowest BCUT2D eigenvalue weighted by molar-refractivity contribution is 0.328. The molecule has 28 heavy (non-hydrogen) atoms. The fourth-order valence-electron chi connectivity index (χ4n) is 3.81. The van der Waals surface area contributed by atoms with Crippen LogP contribution in [0, 0.1) is 0 Å². The van der Waals surface area contributed by atoms with Crippen LogP contribution in [-0.2, 0) is 6.54 Å². The molecule has 3 nitrogen and oxygen atoms in total. The molecule has 0 fully saturated rings. The normalized spacial score (nSPS) is 14.5. The molecule has 2 aromatic rings. The summed E-state index contributed by atoms with van der Waals surface area (Å²) in [7, 11) is 0. The Morgan fingerprint density at radius 2 is 1.71 bits per heavy atom. The molecule has 4 rings (SSSR count). The van der Waals surface area contributed by atoms with Crippen LogP contribution in [0.1, 0.15) is 22.3 Å². The first-order valence-corrected chi connectivity index (χ1v) is 9.46. The first-order valence-electron chi connectivity index (χ1n) is 9.46. The molecule has 0 saturated heterocycles. The quantitative estimate of drug-likeness (QED) is 0.628. The fraction of sp³-hybridized carbons (Fsp3) is 0.208. The van der Waals surface area contributed by atoms with Crippen LogP contribution < -0.4 is 0 Å². The van der Waals surface area contributed by atoms with Crippen LogP contribution in [0.5, 0.6) is 0 Å². The number of fused-ring (bicyclic) bond motifs is 3. The largest absolute Gasteiger partial charge is 0.324 e. The highest BCUT2D eigenvalue weighted by Crippen LogP contribution is 2.33. The number of amidine groups is 1. The molecule has 4 heteroatoms. The van der Waals surface area contributed by atoms with Crippen LogP contribution in [-0.4, -0.2) is 41.8 Å². The maximum Gasteiger partial charge on any atom is 0.136 e. The van der Waals surface area contributed by atoms with Gasteiger partial charge in [0.2, 0.25) is 0 Å². The second-order valence-electron chi connectivity index (χ2n) is 6.94. The minimum Gasteiger partial charge on any atom is -0.324 e. The van der Waals surface area contributed by atoms with Crippen LogP contribution in [0.3, 0.4) is 0 Å². The Bertz CT molecular complexity index is 902. The summed E-state index contributed by atoms with van der Waals surface area (Å²) in [6, 6.07) is 17.4. The first kappa shape index (κ1) is 20.1. The van der Waals surface area contributed by atoms with Crippen molar-refractivity contribution in [1.82, 2.24) is 9.80 Å². The van der Waals surface area contributed by atoms with Gasteiger partial charge in [-0.1, -0.05) is 60.7 Å². The molecule has 0 aromatic heterocycles. The van der Waals surface area contributed by atoms with Gasteiger partial charge in [-0.2, -0.15) is 0 Å². The first-order chi connectivity index (χ1) is 13.3. The van der Waals surface area contributed by atoms with Crippen LogP contribution in [0.2, 0.25) is 0 Å². The van der Waals surface area contributed by atoms with Crippen molar-refractivity contribution in [3.05, 3.63) is 96.1 Å². The molecule has 0 unspecified atom stereocenters. The number of aliphatic imine (C=N–C) groups is 1. The van der Waals surface area contributed by atoms with E-state index in [4.69, 9.17) is 4.99 Å². The van der Waals surface area contributed by atoms with E-state index in [1.807, 2.05) is 12.2 Å². The zero-order chi connectivity index (χ0) is 18.6. The van der Waals surface area contributed by atoms with E-state index in [2.05, 4.69) is 77.6 Å². The van der Waals surface area contributed by atoms with Crippen molar-refractivity contribution < 1.29 is 0 Å². The van der Waals surface area contributed by atoms with Gasteiger partial charge in [-0.05, 0) is 22.8 Å². The van der Waals surface area contributed by atoms with Crippen molar-refractivity contribution >= 4 is 30.0 Å². The van der Waals surface area contributed by atoms with E-state index in [0.29, 0.717) is 0 Å². The van der Waals surface area contributed by atoms with Gasteiger partial charge in [0.1, 0.15) is 5.84 Å². The predicted molar refractivity (Wildman–Crippen MR) is 122 cm³/mol. The van der Waals surface area contributed by atoms with Gasteiger partial charge in [0, 0.05) is 31.7 Å². The summed E-state index contributed by atoms with van der Waals surface area (Å²) in [5.41, 5.74) is 6.26. The molecular weight excluding hydrogens is 366 g/mol. The van der Waals surface area contributed by atoms with E-state index in [1.165, 1.54) is 28.0 Å². The van der Waals surface area contributed by atoms with E-state index in [-0.39, 0.29) is 12.4 Å². The summed E-state index contributed by atoms with van der Waals surface area (Å²) >= 11 is 0. The molecule has 0 radical (unpaired) electrons. The maximum atomic E-state index is 4.75. The molecule has 0 spiro atoms. The molecule has 2 aromatic carbocycles. The third kappa shape index (κ3) is 3.96. The molecule has 2 heterocycles. The van der Waals surface area contributed by atoms with Crippen molar-refractivity contribution in [2.24, 2.45) is 4.99 Å². The lowest BCUT2D eigenvalue weighted by Crippen LogP contribution is -2.30. The summed E-state index contributed by atoms with van der Waals surface area (Å²) < 4.78 is 0. The second kappa shape index (κ2) is 9.05. The van der Waals surface area contributed by atoms with Crippen molar-refractivity contribution in [3.8, 4) is 0 Å². The molecule has 0 N–H and O–H groups in total. The van der Waals surface area contributed by atoms with Crippen LogP contribution in [0.4, 0.5) is 0 Å². The van der Waals surface area contributed by atoms with Crippen molar-refractivity contribution in [2.45, 2.75) is 6.54 Å². The summed E-state index contributed by atoms with van der Waals surface area (Å²) in [5.74, 6) is 1.11. The highest BCUT2D eigenvalue weighted by atomic mass is 35.5. The van der Waals surface area contributed by atoms with Gasteiger partial charge < -0.3 is 4.90 Å². The van der Waals surface area contributed by atoms with Crippen molar-refractivity contribution in [2.75, 3.05) is 26.2 Å². The molecule has 0 aliphatic carbocycles. The van der Waals surface area contributed by atoms with E-state index in [9.17, 15) is 0 Å². The average Bonchev–Trinajstić information content (AvgIpc) is 3.19. The van der Waals surface area contributed by atoms with E-state index >= 15 is 0 Å². The van der Waals surface area contributed by atoms with Gasteiger partial charge in [-0.25, -0.2) is 0 Å². The number of nitrogens with zero attached hydrogens (tertiary/aromatic N) is 3. The highest BCUT2D eigenvalue weighted by molar-refractivity contribution is 6.12. The lowest BCUT2D eigenvalue weighted by Gasteiger charge is -2.29. The SMILES string of the molecule is C=CCN(CC=C)Cc1ccc(C2=Cc3ccccc3C3=NCCN23)cc1.Cl. The van der Waals surface area contributed by atoms with Gasteiger partial charge >= 0.3 is 0 Å². The Hall–Kier alpha value is -2.62. The van der Waals surface area contributed by atoms with E-state index < -0.39 is 0 Å². The zero-order valence-corrected chi connectivity index (χ0v) is 16.9. The third-order valence-electron chi connectivity index (χ3n) is 5.06. The van der Waals surface area contributed by atoms with Gasteiger partial charge in [0.05, 0.1) is 12.2 Å². The van der Waals surface area contributed by atoms with Gasteiger partial charge in [0.25, 0.3) is 0 Å². The Kier molecular flexibility index (Phi) is 6.50. The predicted octanol–water partition coefficient (Wildman–Crippen LogP) is 4.86. The minimum atomic E-state index is 0. The zero-order valence-electron chi connectivity index (χ0n) is 16.1. The van der Waals surface area contributed by atoms with Crippen molar-refractivity contribution in [3.63, 3.8) is 0 Å². The van der Waals surface area contributed by atoms with Crippen LogP contribution in [0.25, 0.3) is 11.8 Å². The molecule has 0 atom stereocenters. The standard InChI is InChI=1S/C24H25N3.ClH/c1-3-14-26(15-4-2)18-19-9-11-20(12-10-19)23-17-21-7-5-6-8-22(21)24-25-13-16-27(23)24;/h3-12,17H,1-2,13-16,18H2;1H. The Labute approximate surface area is 173 Å². The smallest absolute Gasteiger partial charge is 0.136 e. The molecule has 0 saturated carbocycles.